The summed E-state index contributed by atoms with van der Waals surface area (Å²) in [6.07, 6.45) is 7.08. The topological polar surface area (TPSA) is 87.6 Å². The Morgan fingerprint density at radius 3 is 2.62 bits per heavy atom. The summed E-state index contributed by atoms with van der Waals surface area (Å²) in [5.74, 6) is 1.03. The number of nitrogen functional groups attached to an aromatic ring is 2. The van der Waals surface area contributed by atoms with Gasteiger partial charge in [-0.2, -0.15) is 0 Å². The van der Waals surface area contributed by atoms with Crippen molar-refractivity contribution in [3.05, 3.63) is 59.2 Å². The minimum absolute atomic E-state index is 0.162. The second-order valence-corrected chi connectivity index (χ2v) is 6.68. The van der Waals surface area contributed by atoms with Gasteiger partial charge in [0.1, 0.15) is 17.1 Å². The van der Waals surface area contributed by atoms with Crippen molar-refractivity contribution in [2.75, 3.05) is 18.6 Å². The van der Waals surface area contributed by atoms with E-state index in [1.54, 1.807) is 43.5 Å². The summed E-state index contributed by atoms with van der Waals surface area (Å²) in [6, 6.07) is 8.74. The number of carbonyl (C=O) groups excluding carboxylic acids is 1. The lowest BCUT2D eigenvalue weighted by atomic mass is 9.97. The van der Waals surface area contributed by atoms with E-state index < -0.39 is 5.60 Å². The highest BCUT2D eigenvalue weighted by Gasteiger charge is 2.27. The molecule has 0 amide bonds. The first kappa shape index (κ1) is 17.6. The molecule has 2 aromatic carbocycles. The predicted molar refractivity (Wildman–Crippen MR) is 105 cm³/mol. The van der Waals surface area contributed by atoms with Crippen molar-refractivity contribution in [3.8, 4) is 11.5 Å². The average molecular weight is 350 g/mol. The molecule has 26 heavy (non-hydrogen) atoms. The zero-order valence-corrected chi connectivity index (χ0v) is 15.1. The first-order chi connectivity index (χ1) is 12.3. The zero-order valence-electron chi connectivity index (χ0n) is 15.1. The Morgan fingerprint density at radius 1 is 1.15 bits per heavy atom. The largest absolute Gasteiger partial charge is 0.496 e. The van der Waals surface area contributed by atoms with Crippen molar-refractivity contribution < 1.29 is 14.3 Å². The van der Waals surface area contributed by atoms with Crippen molar-refractivity contribution >= 4 is 29.3 Å². The minimum atomic E-state index is -0.497. The van der Waals surface area contributed by atoms with Crippen LogP contribution in [-0.4, -0.2) is 18.5 Å². The van der Waals surface area contributed by atoms with Crippen molar-refractivity contribution in [1.29, 1.82) is 0 Å². The van der Waals surface area contributed by atoms with Crippen LogP contribution >= 0.6 is 0 Å². The SMILES string of the molecule is COc1ccc(C(=O)/C=C/c2ccc(N)c(N)c2)c2c1C=CC(C)(C)O2. The summed E-state index contributed by atoms with van der Waals surface area (Å²) in [7, 11) is 1.59. The summed E-state index contributed by atoms with van der Waals surface area (Å²) in [4.78, 5) is 12.8. The lowest BCUT2D eigenvalue weighted by Gasteiger charge is -2.29. The van der Waals surface area contributed by atoms with E-state index in [2.05, 4.69) is 0 Å². The van der Waals surface area contributed by atoms with Crippen LogP contribution in [0.25, 0.3) is 12.2 Å². The van der Waals surface area contributed by atoms with E-state index in [1.807, 2.05) is 26.0 Å². The number of ketones is 1. The summed E-state index contributed by atoms with van der Waals surface area (Å²) >= 11 is 0. The predicted octanol–water partition coefficient (Wildman–Crippen LogP) is 3.94. The summed E-state index contributed by atoms with van der Waals surface area (Å²) in [5.41, 5.74) is 14.1. The normalized spacial score (nSPS) is 14.7. The molecule has 0 atom stereocenters. The third-order valence-electron chi connectivity index (χ3n) is 4.20. The monoisotopic (exact) mass is 350 g/mol. The third-order valence-corrected chi connectivity index (χ3v) is 4.20. The van der Waals surface area contributed by atoms with Crippen LogP contribution in [0.15, 0.2) is 42.5 Å². The number of benzene rings is 2. The molecular weight excluding hydrogens is 328 g/mol. The Bertz CT molecular complexity index is 927. The Kier molecular flexibility index (Phi) is 4.47. The molecule has 0 spiro atoms. The van der Waals surface area contributed by atoms with Gasteiger partial charge in [-0.25, -0.2) is 0 Å². The fourth-order valence-corrected chi connectivity index (χ4v) is 2.76. The molecule has 134 valence electrons. The van der Waals surface area contributed by atoms with Gasteiger partial charge < -0.3 is 20.9 Å². The van der Waals surface area contributed by atoms with Crippen molar-refractivity contribution in [3.63, 3.8) is 0 Å². The molecule has 0 aromatic heterocycles. The van der Waals surface area contributed by atoms with Gasteiger partial charge in [0.2, 0.25) is 0 Å². The van der Waals surface area contributed by atoms with E-state index in [-0.39, 0.29) is 5.78 Å². The maximum atomic E-state index is 12.8. The summed E-state index contributed by atoms with van der Waals surface area (Å²) in [5, 5.41) is 0. The van der Waals surface area contributed by atoms with Crippen LogP contribution in [-0.2, 0) is 0 Å². The van der Waals surface area contributed by atoms with Crippen LogP contribution in [0.2, 0.25) is 0 Å². The van der Waals surface area contributed by atoms with E-state index in [9.17, 15) is 4.79 Å². The van der Waals surface area contributed by atoms with Gasteiger partial charge in [-0.1, -0.05) is 12.1 Å². The molecule has 3 rings (SSSR count). The molecule has 1 aliphatic heterocycles. The number of rotatable bonds is 4. The number of ether oxygens (including phenoxy) is 2. The lowest BCUT2D eigenvalue weighted by Crippen LogP contribution is -2.28. The average Bonchev–Trinajstić information content (AvgIpc) is 2.60. The second-order valence-electron chi connectivity index (χ2n) is 6.68. The van der Waals surface area contributed by atoms with Crippen LogP contribution in [0.1, 0.15) is 35.3 Å². The van der Waals surface area contributed by atoms with E-state index in [0.29, 0.717) is 28.4 Å². The number of methoxy groups -OCH3 is 1. The van der Waals surface area contributed by atoms with Gasteiger partial charge in [0.25, 0.3) is 0 Å². The van der Waals surface area contributed by atoms with Crippen LogP contribution in [0, 0.1) is 0 Å². The van der Waals surface area contributed by atoms with E-state index >= 15 is 0 Å². The first-order valence-corrected chi connectivity index (χ1v) is 8.27. The Morgan fingerprint density at radius 2 is 1.92 bits per heavy atom. The Labute approximate surface area is 152 Å². The molecule has 1 aliphatic rings. The number of anilines is 2. The molecule has 0 unspecified atom stereocenters. The van der Waals surface area contributed by atoms with Gasteiger partial charge in [0, 0.05) is 0 Å². The smallest absolute Gasteiger partial charge is 0.189 e. The van der Waals surface area contributed by atoms with Gasteiger partial charge in [-0.15, -0.1) is 0 Å². The van der Waals surface area contributed by atoms with Gasteiger partial charge in [-0.05, 0) is 61.9 Å². The van der Waals surface area contributed by atoms with E-state index in [4.69, 9.17) is 20.9 Å². The molecule has 0 saturated heterocycles. The maximum absolute atomic E-state index is 12.8. The number of carbonyl (C=O) groups is 1. The van der Waals surface area contributed by atoms with Gasteiger partial charge in [0.05, 0.1) is 29.6 Å². The Balaban J connectivity index is 1.96. The molecule has 5 heteroatoms. The van der Waals surface area contributed by atoms with Crippen molar-refractivity contribution in [1.82, 2.24) is 0 Å². The number of nitrogens with two attached hydrogens (primary N) is 2. The standard InChI is InChI=1S/C21H22N2O3/c1-21(2)11-10-15-19(25-3)9-6-14(20(15)26-21)18(24)8-5-13-4-7-16(22)17(23)12-13/h4-12H,22-23H2,1-3H3/b8-5+. The van der Waals surface area contributed by atoms with Crippen molar-refractivity contribution in [2.45, 2.75) is 19.4 Å². The zero-order chi connectivity index (χ0) is 18.9. The lowest BCUT2D eigenvalue weighted by molar-refractivity contribution is 0.103. The molecule has 2 aromatic rings. The van der Waals surface area contributed by atoms with E-state index in [1.165, 1.54) is 6.08 Å². The van der Waals surface area contributed by atoms with Crippen LogP contribution in [0.5, 0.6) is 11.5 Å². The molecule has 0 bridgehead atoms. The van der Waals surface area contributed by atoms with E-state index in [0.717, 1.165) is 11.1 Å². The van der Waals surface area contributed by atoms with Crippen LogP contribution in [0.3, 0.4) is 0 Å². The molecule has 0 radical (unpaired) electrons. The molecule has 0 fully saturated rings. The highest BCUT2D eigenvalue weighted by molar-refractivity contribution is 6.09. The number of allylic oxidation sites excluding steroid dienone is 1. The molecule has 1 heterocycles. The summed E-state index contributed by atoms with van der Waals surface area (Å²) < 4.78 is 11.4. The molecule has 0 aliphatic carbocycles. The van der Waals surface area contributed by atoms with Crippen LogP contribution in [0.4, 0.5) is 11.4 Å². The van der Waals surface area contributed by atoms with Crippen molar-refractivity contribution in [2.24, 2.45) is 0 Å². The first-order valence-electron chi connectivity index (χ1n) is 8.27. The maximum Gasteiger partial charge on any atom is 0.189 e. The number of hydrogen-bond acceptors (Lipinski definition) is 5. The van der Waals surface area contributed by atoms with Gasteiger partial charge in [0.15, 0.2) is 5.78 Å². The quantitative estimate of drug-likeness (QED) is 0.495. The minimum Gasteiger partial charge on any atom is -0.496 e. The highest BCUT2D eigenvalue weighted by atomic mass is 16.5. The second kappa shape index (κ2) is 6.59. The molecule has 0 saturated carbocycles. The number of fused-ring (bicyclic) bond motifs is 1. The Hall–Kier alpha value is -3.21. The number of hydrogen-bond donors (Lipinski definition) is 2. The van der Waals surface area contributed by atoms with Crippen LogP contribution < -0.4 is 20.9 Å². The van der Waals surface area contributed by atoms with Gasteiger partial charge >= 0.3 is 0 Å². The molecule has 4 N–H and O–H groups in total. The summed E-state index contributed by atoms with van der Waals surface area (Å²) in [6.45, 7) is 3.88. The molecular formula is C21H22N2O3. The van der Waals surface area contributed by atoms with Gasteiger partial charge in [-0.3, -0.25) is 4.79 Å². The fraction of sp³-hybridized carbons (Fsp3) is 0.190. The third kappa shape index (κ3) is 3.42. The molecule has 5 nitrogen and oxygen atoms in total. The highest BCUT2D eigenvalue weighted by Crippen LogP contribution is 2.39. The fourth-order valence-electron chi connectivity index (χ4n) is 2.76.